The fraction of sp³-hybridized carbons (Fsp3) is 0.429. The lowest BCUT2D eigenvalue weighted by molar-refractivity contribution is -0.271. The maximum absolute atomic E-state index is 14.4. The standard InChI is InChI=1S/C42H51N3O15Si/c1-55-27-9-6-23(7-10-27)26-17-31-39(51)45(22-57-14-15-61(3,4)5)30-16-24(33(56-2)19-29(30)38(50)44(31)20-26)12-13-43-42(54)58-21-25-8-11-28(18-32(25)46)59-41-36(49)34(47)35(48)37(60-41)40(52)53/h6-11,16,18-20,31,34-37,41,46-49H,12-15,17,21-22H2,1-5H3,(H,43,54)(H,52,53)/t31?,34-,35-,36+,37-,41+/m0/s1. The van der Waals surface area contributed by atoms with Crippen molar-refractivity contribution in [1.82, 2.24) is 10.2 Å². The predicted molar refractivity (Wildman–Crippen MR) is 220 cm³/mol. The number of hydrogen-bond acceptors (Lipinski definition) is 14. The van der Waals surface area contributed by atoms with E-state index in [0.717, 1.165) is 23.2 Å². The van der Waals surface area contributed by atoms with Crippen molar-refractivity contribution in [3.05, 3.63) is 83.1 Å². The topological polar surface area (TPSA) is 243 Å². The number of fused-ring (bicyclic) bond motifs is 2. The van der Waals surface area contributed by atoms with E-state index >= 15 is 0 Å². The molecule has 6 rings (SSSR count). The summed E-state index contributed by atoms with van der Waals surface area (Å²) in [6.45, 7) is 6.76. The van der Waals surface area contributed by atoms with Crippen LogP contribution in [0.5, 0.6) is 23.0 Å². The number of carbonyl (C=O) groups is 4. The molecule has 3 amide bonds. The number of phenolic OH excluding ortho intramolecular Hbond substituents is 1. The number of methoxy groups -OCH3 is 2. The highest BCUT2D eigenvalue weighted by atomic mass is 28.3. The van der Waals surface area contributed by atoms with Crippen LogP contribution in [0, 0.1) is 0 Å². The molecule has 0 radical (unpaired) electrons. The van der Waals surface area contributed by atoms with E-state index in [1.165, 1.54) is 29.0 Å². The molecule has 0 aliphatic carbocycles. The molecule has 3 aromatic rings. The van der Waals surface area contributed by atoms with E-state index in [0.29, 0.717) is 35.8 Å². The van der Waals surface area contributed by atoms with E-state index in [2.05, 4.69) is 25.0 Å². The van der Waals surface area contributed by atoms with E-state index in [1.807, 2.05) is 24.3 Å². The van der Waals surface area contributed by atoms with Crippen LogP contribution >= 0.6 is 0 Å². The van der Waals surface area contributed by atoms with Crippen molar-refractivity contribution in [2.45, 2.75) is 81.9 Å². The molecule has 328 valence electrons. The summed E-state index contributed by atoms with van der Waals surface area (Å²) in [5, 5.41) is 52.6. The molecule has 3 aliphatic rings. The smallest absolute Gasteiger partial charge is 0.407 e. The molecule has 1 saturated heterocycles. The molecule has 6 N–H and O–H groups in total. The first-order valence-corrected chi connectivity index (χ1v) is 23.3. The van der Waals surface area contributed by atoms with Crippen LogP contribution in [0.1, 0.15) is 33.5 Å². The number of hydrogen-bond donors (Lipinski definition) is 6. The van der Waals surface area contributed by atoms with Gasteiger partial charge in [-0.05, 0) is 65.6 Å². The summed E-state index contributed by atoms with van der Waals surface area (Å²) in [4.78, 5) is 55.8. The second-order valence-corrected chi connectivity index (χ2v) is 21.6. The minimum atomic E-state index is -1.90. The van der Waals surface area contributed by atoms with Crippen LogP contribution in [0.15, 0.2) is 60.8 Å². The van der Waals surface area contributed by atoms with Gasteiger partial charge >= 0.3 is 12.1 Å². The third-order valence-corrected chi connectivity index (χ3v) is 12.3. The van der Waals surface area contributed by atoms with Gasteiger partial charge in [0.1, 0.15) is 60.7 Å². The molecule has 1 unspecified atom stereocenters. The van der Waals surface area contributed by atoms with Gasteiger partial charge in [-0.2, -0.15) is 0 Å². The Morgan fingerprint density at radius 2 is 1.64 bits per heavy atom. The number of alkyl carbamates (subject to hydrolysis) is 1. The van der Waals surface area contributed by atoms with Crippen LogP contribution in [0.25, 0.3) is 5.57 Å². The number of aliphatic hydroxyl groups excluding tert-OH is 3. The Hall–Kier alpha value is -5.70. The molecule has 6 atom stereocenters. The molecule has 0 spiro atoms. The van der Waals surface area contributed by atoms with Gasteiger partial charge < -0.3 is 64.2 Å². The van der Waals surface area contributed by atoms with E-state index in [1.54, 1.807) is 25.4 Å². The summed E-state index contributed by atoms with van der Waals surface area (Å²) in [7, 11) is 1.59. The number of nitrogens with one attached hydrogen (secondary N) is 1. The number of carboxylic acid groups (broad SMARTS) is 1. The number of amides is 3. The summed E-state index contributed by atoms with van der Waals surface area (Å²) < 4.78 is 32.9. The van der Waals surface area contributed by atoms with Crippen molar-refractivity contribution in [3.63, 3.8) is 0 Å². The monoisotopic (exact) mass is 865 g/mol. The van der Waals surface area contributed by atoms with Gasteiger partial charge in [0.15, 0.2) is 6.10 Å². The number of nitrogens with zero attached hydrogens (tertiary/aromatic N) is 2. The fourth-order valence-corrected chi connectivity index (χ4v) is 7.79. The predicted octanol–water partition coefficient (Wildman–Crippen LogP) is 3.06. The number of rotatable bonds is 16. The molecule has 3 aliphatic heterocycles. The van der Waals surface area contributed by atoms with E-state index in [-0.39, 0.29) is 60.7 Å². The Bertz CT molecular complexity index is 2140. The van der Waals surface area contributed by atoms with Crippen LogP contribution in [0.3, 0.4) is 0 Å². The molecule has 18 nitrogen and oxygen atoms in total. The van der Waals surface area contributed by atoms with Crippen molar-refractivity contribution in [1.29, 1.82) is 0 Å². The van der Waals surface area contributed by atoms with Crippen LogP contribution in [-0.2, 0) is 36.8 Å². The largest absolute Gasteiger partial charge is 0.507 e. The third kappa shape index (κ3) is 10.3. The number of aliphatic hydroxyl groups is 3. The number of ether oxygens (including phenoxy) is 6. The fourth-order valence-electron chi connectivity index (χ4n) is 7.03. The molecule has 0 aromatic heterocycles. The van der Waals surface area contributed by atoms with Crippen LogP contribution < -0.4 is 24.4 Å². The highest BCUT2D eigenvalue weighted by Gasteiger charge is 2.48. The van der Waals surface area contributed by atoms with Gasteiger partial charge in [-0.3, -0.25) is 14.5 Å². The number of aliphatic carboxylic acids is 1. The number of benzene rings is 3. The third-order valence-electron chi connectivity index (χ3n) is 10.6. The highest BCUT2D eigenvalue weighted by molar-refractivity contribution is 6.76. The number of anilines is 1. The first kappa shape index (κ1) is 44.8. The van der Waals surface area contributed by atoms with Crippen LogP contribution in [-0.4, -0.2) is 133 Å². The molecule has 0 bridgehead atoms. The van der Waals surface area contributed by atoms with E-state index in [4.69, 9.17) is 28.4 Å². The zero-order valence-electron chi connectivity index (χ0n) is 34.4. The maximum atomic E-state index is 14.4. The number of carboxylic acids is 1. The van der Waals surface area contributed by atoms with Gasteiger partial charge in [0.2, 0.25) is 6.29 Å². The maximum Gasteiger partial charge on any atom is 0.407 e. The molecule has 3 aromatic carbocycles. The summed E-state index contributed by atoms with van der Waals surface area (Å²) in [6.07, 6.45) is -7.71. The van der Waals surface area contributed by atoms with Gasteiger partial charge in [-0.1, -0.05) is 31.8 Å². The number of carbonyl (C=O) groups excluding carboxylic acids is 3. The molecule has 3 heterocycles. The van der Waals surface area contributed by atoms with Gasteiger partial charge in [0.25, 0.3) is 11.8 Å². The Kier molecular flexibility index (Phi) is 13.9. The Morgan fingerprint density at radius 3 is 2.30 bits per heavy atom. The molecule has 1 fully saturated rings. The number of aromatic hydroxyl groups is 1. The van der Waals surface area contributed by atoms with Crippen molar-refractivity contribution in [2.75, 3.05) is 39.0 Å². The molecule has 19 heteroatoms. The lowest BCUT2D eigenvalue weighted by Gasteiger charge is -2.38. The zero-order chi connectivity index (χ0) is 44.2. The van der Waals surface area contributed by atoms with Crippen LogP contribution in [0.4, 0.5) is 10.5 Å². The molecule has 61 heavy (non-hydrogen) atoms. The van der Waals surface area contributed by atoms with Gasteiger partial charge in [-0.15, -0.1) is 0 Å². The Morgan fingerprint density at radius 1 is 0.918 bits per heavy atom. The lowest BCUT2D eigenvalue weighted by Crippen LogP contribution is -2.61. The average molecular weight is 866 g/mol. The van der Waals surface area contributed by atoms with Crippen molar-refractivity contribution in [3.8, 4) is 23.0 Å². The highest BCUT2D eigenvalue weighted by Crippen LogP contribution is 2.40. The Labute approximate surface area is 352 Å². The SMILES string of the molecule is COc1ccc(C2=CN3C(=O)c4cc(OC)c(CCNC(=O)OCc5ccc(O[C@@H]6O[C@H](C(=O)O)[C@@H](O)[C@H](O)[C@H]6O)cc5O)cc4N(COCC[Si](C)(C)C)C(=O)C3C2)cc1. The second-order valence-electron chi connectivity index (χ2n) is 16.0. The minimum Gasteiger partial charge on any atom is -0.507 e. The average Bonchev–Trinajstić information content (AvgIpc) is 3.65. The summed E-state index contributed by atoms with van der Waals surface area (Å²) in [5.74, 6) is -1.64. The summed E-state index contributed by atoms with van der Waals surface area (Å²) >= 11 is 0. The van der Waals surface area contributed by atoms with Crippen LogP contribution in [0.2, 0.25) is 25.7 Å². The molecular weight excluding hydrogens is 815 g/mol. The van der Waals surface area contributed by atoms with Crippen molar-refractivity contribution >= 4 is 43.2 Å². The van der Waals surface area contributed by atoms with Gasteiger partial charge in [-0.25, -0.2) is 9.59 Å². The van der Waals surface area contributed by atoms with E-state index < -0.39 is 56.9 Å². The van der Waals surface area contributed by atoms with Crippen molar-refractivity contribution < 1.29 is 73.1 Å². The zero-order valence-corrected chi connectivity index (χ0v) is 35.4. The Balaban J connectivity index is 1.12. The summed E-state index contributed by atoms with van der Waals surface area (Å²) in [5.41, 5.74) is 3.07. The minimum absolute atomic E-state index is 0.0612. The second kappa shape index (κ2) is 18.9. The first-order valence-electron chi connectivity index (χ1n) is 19.6. The lowest BCUT2D eigenvalue weighted by atomic mass is 9.99. The first-order chi connectivity index (χ1) is 29.0. The number of phenols is 1. The summed E-state index contributed by atoms with van der Waals surface area (Å²) in [6, 6.07) is 14.6. The van der Waals surface area contributed by atoms with E-state index in [9.17, 15) is 44.7 Å². The normalized spacial score (nSPS) is 22.5. The molecular formula is C42H51N3O15Si. The van der Waals surface area contributed by atoms with Gasteiger partial charge in [0, 0.05) is 45.5 Å². The van der Waals surface area contributed by atoms with Gasteiger partial charge in [0.05, 0.1) is 25.5 Å². The van der Waals surface area contributed by atoms with Crippen molar-refractivity contribution in [2.24, 2.45) is 0 Å². The quantitative estimate of drug-likeness (QED) is 0.0896. The molecule has 0 saturated carbocycles.